The quantitative estimate of drug-likeness (QED) is 0.137. The summed E-state index contributed by atoms with van der Waals surface area (Å²) in [5, 5.41) is 4.64. The minimum Gasteiger partial charge on any atom is -0.310 e. The topological polar surface area (TPSA) is 34.0 Å². The van der Waals surface area contributed by atoms with Gasteiger partial charge in [-0.05, 0) is 164 Å². The second kappa shape index (κ2) is 22.5. The third-order valence-corrected chi connectivity index (χ3v) is 19.8. The highest BCUT2D eigenvalue weighted by Gasteiger charge is 2.36. The molecule has 0 saturated heterocycles. The Morgan fingerprint density at radius 1 is 0.315 bits per heavy atom. The van der Waals surface area contributed by atoms with Crippen LogP contribution in [0.15, 0.2) is 315 Å². The molecule has 0 fully saturated rings. The molecule has 0 atom stereocenters. The van der Waals surface area contributed by atoms with E-state index in [9.17, 15) is 0 Å². The lowest BCUT2D eigenvalue weighted by atomic mass is 9.82. The third-order valence-electron chi connectivity index (χ3n) is 17.6. The van der Waals surface area contributed by atoms with E-state index in [0.717, 1.165) is 49.2 Å². The molecule has 0 bridgehead atoms. The Morgan fingerprint density at radius 2 is 0.742 bits per heavy atom. The molecular weight excluding hydrogens is 1120 g/mol. The molecule has 424 valence electrons. The second-order valence-corrected chi connectivity index (χ2v) is 25.4. The maximum absolute atomic E-state index is 4.80. The predicted octanol–water partition coefficient (Wildman–Crippen LogP) is 23.7. The van der Waals surface area contributed by atoms with Crippen LogP contribution < -0.4 is 4.90 Å². The minimum absolute atomic E-state index is 0. The van der Waals surface area contributed by atoms with Crippen LogP contribution in [0.2, 0.25) is 0 Å². The van der Waals surface area contributed by atoms with Crippen molar-refractivity contribution in [1.29, 1.82) is 0 Å². The van der Waals surface area contributed by atoms with Gasteiger partial charge in [-0.25, -0.2) is 9.97 Å². The Kier molecular flexibility index (Phi) is 13.6. The zero-order valence-corrected chi connectivity index (χ0v) is 50.8. The zero-order valence-electron chi connectivity index (χ0n) is 49.1. The smallest absolute Gasteiger partial charge is 0.124 e. The molecule has 0 amide bonds. The van der Waals surface area contributed by atoms with Gasteiger partial charge < -0.3 is 9.47 Å². The van der Waals surface area contributed by atoms with Crippen LogP contribution in [0.5, 0.6) is 0 Å². The lowest BCUT2D eigenvalue weighted by Crippen LogP contribution is -2.16. The molecule has 13 aromatic carbocycles. The van der Waals surface area contributed by atoms with Gasteiger partial charge in [0.15, 0.2) is 0 Å². The Hall–Kier alpha value is -10.8. The largest absolute Gasteiger partial charge is 0.310 e. The lowest BCUT2D eigenvalue weighted by Gasteiger charge is -2.28. The minimum atomic E-state index is -0.0864. The normalized spacial score (nSPS) is 12.2. The van der Waals surface area contributed by atoms with Crippen LogP contribution >= 0.6 is 22.7 Å². The zero-order chi connectivity index (χ0) is 59.4. The summed E-state index contributed by atoms with van der Waals surface area (Å²) < 4.78 is 4.81. The first-order valence-corrected chi connectivity index (χ1v) is 31.9. The van der Waals surface area contributed by atoms with Crippen LogP contribution in [0.25, 0.3) is 125 Å². The first-order chi connectivity index (χ1) is 43.8. The van der Waals surface area contributed by atoms with Crippen molar-refractivity contribution in [2.24, 2.45) is 0 Å². The van der Waals surface area contributed by atoms with Crippen molar-refractivity contribution >= 4 is 82.0 Å². The van der Waals surface area contributed by atoms with E-state index in [-0.39, 0.29) is 6.84 Å². The Morgan fingerprint density at radius 3 is 1.35 bits per heavy atom. The van der Waals surface area contributed by atoms with E-state index in [0.29, 0.717) is 0 Å². The summed E-state index contributed by atoms with van der Waals surface area (Å²) in [5.41, 5.74) is 26.4. The molecule has 0 radical (unpaired) electrons. The fourth-order valence-corrected chi connectivity index (χ4v) is 14.9. The van der Waals surface area contributed by atoms with Crippen molar-refractivity contribution in [3.8, 4) is 82.5 Å². The molecule has 1 aliphatic carbocycles. The summed E-state index contributed by atoms with van der Waals surface area (Å²) >= 11 is 3.47. The number of aromatic nitrogens is 3. The summed E-state index contributed by atoms with van der Waals surface area (Å²) in [6.45, 7) is 4.70. The highest BCUT2D eigenvalue weighted by molar-refractivity contribution is 7.22. The number of benzene rings is 13. The number of para-hydroxylation sites is 4. The fraction of sp³-hybridized carbons (Fsp3) is 0.0361. The Labute approximate surface area is 527 Å². The van der Waals surface area contributed by atoms with Gasteiger partial charge in [0.25, 0.3) is 0 Å². The van der Waals surface area contributed by atoms with Crippen molar-refractivity contribution in [3.05, 3.63) is 327 Å². The summed E-state index contributed by atoms with van der Waals surface area (Å²) in [5.74, 6) is 0. The van der Waals surface area contributed by atoms with Gasteiger partial charge in [-0.2, -0.15) is 0 Å². The van der Waals surface area contributed by atoms with Gasteiger partial charge in [-0.3, -0.25) is 0 Å². The van der Waals surface area contributed by atoms with Crippen molar-refractivity contribution < 1.29 is 1.43 Å². The Bertz CT molecular complexity index is 5060. The van der Waals surface area contributed by atoms with Gasteiger partial charge in [0.2, 0.25) is 0 Å². The van der Waals surface area contributed by atoms with Crippen molar-refractivity contribution in [2.45, 2.75) is 19.3 Å². The van der Waals surface area contributed by atoms with E-state index in [1.165, 1.54) is 104 Å². The van der Waals surface area contributed by atoms with E-state index in [4.69, 9.17) is 9.97 Å². The highest BCUT2D eigenvalue weighted by atomic mass is 32.1. The number of nitrogens with zero attached hydrogens (tertiary/aromatic N) is 4. The van der Waals surface area contributed by atoms with Gasteiger partial charge in [-0.1, -0.05) is 232 Å². The molecule has 0 spiro atoms. The van der Waals surface area contributed by atoms with Gasteiger partial charge in [0.1, 0.15) is 10.0 Å². The van der Waals surface area contributed by atoms with E-state index in [1.54, 1.807) is 22.7 Å². The summed E-state index contributed by atoms with van der Waals surface area (Å²) in [4.78, 5) is 12.0. The molecule has 16 aromatic rings. The first-order valence-electron chi connectivity index (χ1n) is 30.3. The molecule has 89 heavy (non-hydrogen) atoms. The molecule has 0 N–H and O–H groups in total. The molecule has 6 heteroatoms. The summed E-state index contributed by atoms with van der Waals surface area (Å²) in [6.07, 6.45) is 0. The monoisotopic (exact) mass is 1180 g/mol. The molecule has 17 rings (SSSR count). The van der Waals surface area contributed by atoms with Gasteiger partial charge >= 0.3 is 0 Å². The van der Waals surface area contributed by atoms with Gasteiger partial charge in [0, 0.05) is 51.5 Å². The number of hydrogen-bond donors (Lipinski definition) is 0. The second-order valence-electron chi connectivity index (χ2n) is 23.3. The SMILES string of the molecule is CC1(C)c2ccccc2-c2ccc(N(c3ccc(-c4ccccc4)cc3)c3ccc(-c4ccc5c(c4)c4ccccc4n5-c4ccccc4)cc3)cc21.[HH].c1cc(-c2ccc(-c3nc4ccccc4s3)cc2)cc(-c2ccc(-c3nc4ccccc4s3)cc2)c1. The maximum Gasteiger partial charge on any atom is 0.124 e. The molecule has 3 aromatic heterocycles. The lowest BCUT2D eigenvalue weighted by molar-refractivity contribution is 0.660. The van der Waals surface area contributed by atoms with Crippen molar-refractivity contribution in [1.82, 2.24) is 14.5 Å². The maximum atomic E-state index is 4.80. The molecule has 4 nitrogen and oxygen atoms in total. The van der Waals surface area contributed by atoms with E-state index >= 15 is 0 Å². The van der Waals surface area contributed by atoms with Gasteiger partial charge in [-0.15, -0.1) is 22.7 Å². The highest BCUT2D eigenvalue weighted by Crippen LogP contribution is 2.51. The van der Waals surface area contributed by atoms with Crippen LogP contribution in [0.3, 0.4) is 0 Å². The van der Waals surface area contributed by atoms with E-state index in [1.807, 2.05) is 12.1 Å². The average molecular weight is 1180 g/mol. The number of anilines is 3. The molecule has 3 heterocycles. The van der Waals surface area contributed by atoms with Crippen LogP contribution in [0.4, 0.5) is 17.1 Å². The van der Waals surface area contributed by atoms with E-state index in [2.05, 4.69) is 327 Å². The Balaban J connectivity index is 0.000000159. The third kappa shape index (κ3) is 9.99. The summed E-state index contributed by atoms with van der Waals surface area (Å²) in [6, 6.07) is 114. The fourth-order valence-electron chi connectivity index (χ4n) is 13.0. The molecule has 0 aliphatic heterocycles. The molecule has 1 aliphatic rings. The number of fused-ring (bicyclic) bond motifs is 8. The molecule has 0 saturated carbocycles. The van der Waals surface area contributed by atoms with Crippen LogP contribution in [0.1, 0.15) is 26.4 Å². The van der Waals surface area contributed by atoms with Gasteiger partial charge in [0.05, 0.1) is 31.5 Å². The average Bonchev–Trinajstić information content (AvgIpc) is 1.63. The predicted molar refractivity (Wildman–Crippen MR) is 381 cm³/mol. The molecule has 0 unspecified atom stereocenters. The van der Waals surface area contributed by atoms with Crippen LogP contribution in [-0.2, 0) is 5.41 Å². The van der Waals surface area contributed by atoms with Crippen molar-refractivity contribution in [3.63, 3.8) is 0 Å². The van der Waals surface area contributed by atoms with Crippen LogP contribution in [-0.4, -0.2) is 14.5 Å². The molecular formula is C83H60N4S2. The number of hydrogen-bond acceptors (Lipinski definition) is 5. The standard InChI is InChI=1S/C51H38N2.C32H20N2S2.H2/c1-51(2)47-19-11-9-17-43(47)44-31-30-42(34-48(44)51)52(40-26-21-36(22-27-40)35-13-5-3-6-14-35)41-28-23-37(24-29-41)38-25-32-50-46(33-38)45-18-10-12-20-49(45)53(50)39-15-7-4-8-16-39;1-3-10-29-27(8-1)33-31(35-29)23-16-12-21(13-17-23)25-6-5-7-26(20-25)22-14-18-24(19-15-22)32-34-28-9-2-4-11-30(28)36-32;/h3-34H,1-2H3;1-20H;1H. The first kappa shape index (κ1) is 53.7. The number of rotatable bonds is 10. The van der Waals surface area contributed by atoms with Crippen LogP contribution in [0, 0.1) is 0 Å². The summed E-state index contributed by atoms with van der Waals surface area (Å²) in [7, 11) is 0. The number of thiazole rings is 2. The van der Waals surface area contributed by atoms with E-state index < -0.39 is 0 Å². The van der Waals surface area contributed by atoms with Crippen molar-refractivity contribution in [2.75, 3.05) is 4.90 Å².